The summed E-state index contributed by atoms with van der Waals surface area (Å²) in [5.74, 6) is 0.666. The number of unbranched alkanes of at least 4 members (excludes halogenated alkanes) is 1. The Bertz CT molecular complexity index is 702. The SMILES string of the molecule is CCCCn1c(SCC(=O)Nc2cc(C)nn2C)n[nH]c1=O. The molecular formula is C13H20N6O2S. The third-order valence-corrected chi connectivity index (χ3v) is 4.04. The first-order valence-corrected chi connectivity index (χ1v) is 8.08. The molecule has 8 nitrogen and oxygen atoms in total. The lowest BCUT2D eigenvalue weighted by Crippen LogP contribution is -2.19. The molecule has 0 spiro atoms. The van der Waals surface area contributed by atoms with Gasteiger partial charge in [0.2, 0.25) is 5.91 Å². The summed E-state index contributed by atoms with van der Waals surface area (Å²) in [5, 5.41) is 13.9. The van der Waals surface area contributed by atoms with Gasteiger partial charge in [-0.1, -0.05) is 25.1 Å². The zero-order chi connectivity index (χ0) is 16.1. The van der Waals surface area contributed by atoms with Gasteiger partial charge in [-0.3, -0.25) is 14.0 Å². The fraction of sp³-hybridized carbons (Fsp3) is 0.538. The van der Waals surface area contributed by atoms with Crippen molar-refractivity contribution < 1.29 is 4.79 Å². The molecule has 2 N–H and O–H groups in total. The van der Waals surface area contributed by atoms with Crippen LogP contribution >= 0.6 is 11.8 Å². The molecule has 0 aliphatic rings. The van der Waals surface area contributed by atoms with Gasteiger partial charge in [0.25, 0.3) is 0 Å². The van der Waals surface area contributed by atoms with Gasteiger partial charge in [-0.25, -0.2) is 9.89 Å². The molecule has 0 aliphatic carbocycles. The molecule has 9 heteroatoms. The molecule has 0 radical (unpaired) electrons. The van der Waals surface area contributed by atoms with Crippen LogP contribution in [0.5, 0.6) is 0 Å². The van der Waals surface area contributed by atoms with Crippen LogP contribution in [0.3, 0.4) is 0 Å². The summed E-state index contributed by atoms with van der Waals surface area (Å²) in [5.41, 5.74) is 0.602. The molecule has 1 amide bonds. The highest BCUT2D eigenvalue weighted by Gasteiger charge is 2.12. The summed E-state index contributed by atoms with van der Waals surface area (Å²) in [4.78, 5) is 23.6. The lowest BCUT2D eigenvalue weighted by Gasteiger charge is -2.06. The van der Waals surface area contributed by atoms with Gasteiger partial charge in [0.1, 0.15) is 5.82 Å². The first kappa shape index (κ1) is 16.3. The molecule has 0 aliphatic heterocycles. The summed E-state index contributed by atoms with van der Waals surface area (Å²) in [7, 11) is 1.77. The summed E-state index contributed by atoms with van der Waals surface area (Å²) in [6.45, 7) is 4.53. The van der Waals surface area contributed by atoms with Crippen molar-refractivity contribution in [2.24, 2.45) is 7.05 Å². The largest absolute Gasteiger partial charge is 0.343 e. The van der Waals surface area contributed by atoms with Crippen LogP contribution in [0.2, 0.25) is 0 Å². The van der Waals surface area contributed by atoms with Gasteiger partial charge in [0.05, 0.1) is 11.4 Å². The standard InChI is InChI=1S/C13H20N6O2S/c1-4-5-6-19-12(21)15-16-13(19)22-8-11(20)14-10-7-9(2)17-18(10)3/h7H,4-6,8H2,1-3H3,(H,14,20)(H,15,21). The van der Waals surface area contributed by atoms with Gasteiger partial charge in [0.15, 0.2) is 5.16 Å². The number of thioether (sulfide) groups is 1. The number of anilines is 1. The Kier molecular flexibility index (Phi) is 5.42. The van der Waals surface area contributed by atoms with Gasteiger partial charge in [-0.05, 0) is 13.3 Å². The highest BCUT2D eigenvalue weighted by Crippen LogP contribution is 2.15. The number of aryl methyl sites for hydroxylation is 2. The molecule has 0 aromatic carbocycles. The summed E-state index contributed by atoms with van der Waals surface area (Å²) in [6, 6.07) is 1.80. The maximum Gasteiger partial charge on any atom is 0.343 e. The van der Waals surface area contributed by atoms with Crippen LogP contribution in [0, 0.1) is 6.92 Å². The topological polar surface area (TPSA) is 97.6 Å². The second kappa shape index (κ2) is 7.30. The number of rotatable bonds is 7. The average Bonchev–Trinajstić information content (AvgIpc) is 2.97. The van der Waals surface area contributed by atoms with Crippen LogP contribution in [0.15, 0.2) is 16.0 Å². The zero-order valence-electron chi connectivity index (χ0n) is 12.9. The molecule has 22 heavy (non-hydrogen) atoms. The van der Waals surface area contributed by atoms with Gasteiger partial charge in [-0.15, -0.1) is 5.10 Å². The fourth-order valence-corrected chi connectivity index (χ4v) is 2.74. The minimum Gasteiger partial charge on any atom is -0.310 e. The van der Waals surface area contributed by atoms with Crippen molar-refractivity contribution >= 4 is 23.5 Å². The molecular weight excluding hydrogens is 304 g/mol. The second-order valence-electron chi connectivity index (χ2n) is 4.95. The van der Waals surface area contributed by atoms with E-state index in [9.17, 15) is 9.59 Å². The summed E-state index contributed by atoms with van der Waals surface area (Å²) < 4.78 is 3.18. The van der Waals surface area contributed by atoms with Crippen molar-refractivity contribution in [2.75, 3.05) is 11.1 Å². The highest BCUT2D eigenvalue weighted by molar-refractivity contribution is 7.99. The minimum atomic E-state index is -0.237. The highest BCUT2D eigenvalue weighted by atomic mass is 32.2. The second-order valence-corrected chi connectivity index (χ2v) is 5.89. The number of hydrogen-bond acceptors (Lipinski definition) is 5. The van der Waals surface area contributed by atoms with E-state index in [-0.39, 0.29) is 17.3 Å². The first-order chi connectivity index (χ1) is 10.5. The number of aromatic amines is 1. The molecule has 0 saturated heterocycles. The predicted molar refractivity (Wildman–Crippen MR) is 85.1 cm³/mol. The number of nitrogens with one attached hydrogen (secondary N) is 2. The number of H-pyrrole nitrogens is 1. The summed E-state index contributed by atoms with van der Waals surface area (Å²) in [6.07, 6.45) is 1.88. The van der Waals surface area contributed by atoms with Gasteiger partial charge >= 0.3 is 5.69 Å². The van der Waals surface area contributed by atoms with Crippen molar-refractivity contribution in [3.05, 3.63) is 22.2 Å². The molecule has 2 aromatic heterocycles. The van der Waals surface area contributed by atoms with E-state index in [1.54, 1.807) is 22.4 Å². The van der Waals surface area contributed by atoms with Crippen molar-refractivity contribution in [2.45, 2.75) is 38.4 Å². The normalized spacial score (nSPS) is 10.9. The Morgan fingerprint density at radius 1 is 1.50 bits per heavy atom. The van der Waals surface area contributed by atoms with Crippen molar-refractivity contribution in [1.82, 2.24) is 24.5 Å². The lowest BCUT2D eigenvalue weighted by molar-refractivity contribution is -0.113. The van der Waals surface area contributed by atoms with Crippen molar-refractivity contribution in [3.63, 3.8) is 0 Å². The minimum absolute atomic E-state index is 0.162. The molecule has 2 aromatic rings. The quantitative estimate of drug-likeness (QED) is 0.744. The molecule has 0 bridgehead atoms. The van der Waals surface area contributed by atoms with E-state index in [1.165, 1.54) is 11.8 Å². The Morgan fingerprint density at radius 3 is 2.91 bits per heavy atom. The number of aromatic nitrogens is 5. The van der Waals surface area contributed by atoms with Gasteiger partial charge in [-0.2, -0.15) is 5.10 Å². The van der Waals surface area contributed by atoms with Crippen LogP contribution in [0.4, 0.5) is 5.82 Å². The van der Waals surface area contributed by atoms with Crippen LogP contribution < -0.4 is 11.0 Å². The molecule has 0 atom stereocenters. The number of carbonyl (C=O) groups excluding carboxylic acids is 1. The Balaban J connectivity index is 1.94. The van der Waals surface area contributed by atoms with Crippen molar-refractivity contribution in [3.8, 4) is 0 Å². The molecule has 0 unspecified atom stereocenters. The Hall–Kier alpha value is -2.03. The molecule has 0 saturated carbocycles. The van der Waals surface area contributed by atoms with E-state index >= 15 is 0 Å². The van der Waals surface area contributed by atoms with E-state index in [4.69, 9.17) is 0 Å². The lowest BCUT2D eigenvalue weighted by atomic mass is 10.3. The fourth-order valence-electron chi connectivity index (χ4n) is 1.96. The monoisotopic (exact) mass is 324 g/mol. The number of hydrogen-bond donors (Lipinski definition) is 2. The molecule has 0 fully saturated rings. The first-order valence-electron chi connectivity index (χ1n) is 7.09. The smallest absolute Gasteiger partial charge is 0.310 e. The van der Waals surface area contributed by atoms with E-state index in [0.717, 1.165) is 18.5 Å². The van der Waals surface area contributed by atoms with E-state index < -0.39 is 0 Å². The Morgan fingerprint density at radius 2 is 2.27 bits per heavy atom. The van der Waals surface area contributed by atoms with Crippen LogP contribution in [-0.2, 0) is 18.4 Å². The summed E-state index contributed by atoms with van der Waals surface area (Å²) >= 11 is 1.24. The maximum atomic E-state index is 12.0. The zero-order valence-corrected chi connectivity index (χ0v) is 13.7. The predicted octanol–water partition coefficient (Wildman–Crippen LogP) is 1.14. The van der Waals surface area contributed by atoms with E-state index in [2.05, 4.69) is 27.5 Å². The van der Waals surface area contributed by atoms with Gasteiger partial charge in [0, 0.05) is 19.7 Å². The molecule has 120 valence electrons. The van der Waals surface area contributed by atoms with Crippen molar-refractivity contribution in [1.29, 1.82) is 0 Å². The molecule has 2 rings (SSSR count). The number of carbonyl (C=O) groups is 1. The van der Waals surface area contributed by atoms with E-state index in [0.29, 0.717) is 17.5 Å². The van der Waals surface area contributed by atoms with Crippen LogP contribution in [0.1, 0.15) is 25.5 Å². The Labute approximate surface area is 132 Å². The third-order valence-electron chi connectivity index (χ3n) is 3.06. The van der Waals surface area contributed by atoms with Crippen LogP contribution in [0.25, 0.3) is 0 Å². The van der Waals surface area contributed by atoms with Gasteiger partial charge < -0.3 is 5.32 Å². The average molecular weight is 324 g/mol. The third kappa shape index (κ3) is 4.00. The number of nitrogens with zero attached hydrogens (tertiary/aromatic N) is 4. The maximum absolute atomic E-state index is 12.0. The van der Waals surface area contributed by atoms with Crippen LogP contribution in [-0.4, -0.2) is 36.2 Å². The number of amides is 1. The molecule has 2 heterocycles. The van der Waals surface area contributed by atoms with E-state index in [1.807, 2.05) is 6.92 Å².